The largest absolute Gasteiger partial charge is 0.460 e. The lowest BCUT2D eigenvalue weighted by Crippen LogP contribution is -2.25. The van der Waals surface area contributed by atoms with Crippen LogP contribution in [-0.2, 0) is 16.0 Å². The summed E-state index contributed by atoms with van der Waals surface area (Å²) in [5.74, 6) is -0.150. The van der Waals surface area contributed by atoms with Crippen LogP contribution in [0.5, 0.6) is 0 Å². The van der Waals surface area contributed by atoms with E-state index in [1.165, 1.54) is 16.1 Å². The highest BCUT2D eigenvalue weighted by molar-refractivity contribution is 7.17. The van der Waals surface area contributed by atoms with Gasteiger partial charge in [-0.05, 0) is 49.1 Å². The lowest BCUT2D eigenvalue weighted by Gasteiger charge is -2.21. The highest BCUT2D eigenvalue weighted by Crippen LogP contribution is 2.32. The minimum Gasteiger partial charge on any atom is -0.460 e. The zero-order valence-corrected chi connectivity index (χ0v) is 17.8. The second kappa shape index (κ2) is 8.82. The highest BCUT2D eigenvalue weighted by atomic mass is 32.1. The predicted octanol–water partition coefficient (Wildman–Crippen LogP) is 4.51. The molecule has 3 aromatic rings. The molecule has 152 valence electrons. The average molecular weight is 410 g/mol. The van der Waals surface area contributed by atoms with E-state index < -0.39 is 0 Å². The van der Waals surface area contributed by atoms with Gasteiger partial charge in [0.2, 0.25) is 0 Å². The summed E-state index contributed by atoms with van der Waals surface area (Å²) < 4.78 is 6.98. The SMILES string of the molecule is CCN(CC)c1ccc(CC(=O)OC2CCN(c3ccnc4ccsc34)C2)cc1. The molecule has 1 aliphatic rings. The van der Waals surface area contributed by atoms with Gasteiger partial charge in [0.1, 0.15) is 6.10 Å². The van der Waals surface area contributed by atoms with Crippen LogP contribution in [0.25, 0.3) is 10.2 Å². The number of aromatic nitrogens is 1. The number of fused-ring (bicyclic) bond motifs is 1. The number of carbonyl (C=O) groups excluding carboxylic acids is 1. The molecule has 6 heteroatoms. The van der Waals surface area contributed by atoms with Gasteiger partial charge in [0, 0.05) is 37.9 Å². The van der Waals surface area contributed by atoms with Crippen LogP contribution in [0, 0.1) is 0 Å². The third-order valence-electron chi connectivity index (χ3n) is 5.52. The number of thiophene rings is 1. The van der Waals surface area contributed by atoms with E-state index in [-0.39, 0.29) is 12.1 Å². The summed E-state index contributed by atoms with van der Waals surface area (Å²) in [5.41, 5.74) is 4.41. The Balaban J connectivity index is 1.33. The van der Waals surface area contributed by atoms with Crippen LogP contribution in [0.1, 0.15) is 25.8 Å². The van der Waals surface area contributed by atoms with Crippen LogP contribution in [0.2, 0.25) is 0 Å². The number of carbonyl (C=O) groups is 1. The molecule has 0 bridgehead atoms. The van der Waals surface area contributed by atoms with Gasteiger partial charge in [0.15, 0.2) is 0 Å². The van der Waals surface area contributed by atoms with Gasteiger partial charge < -0.3 is 14.5 Å². The molecule has 2 aromatic heterocycles. The van der Waals surface area contributed by atoms with Gasteiger partial charge in [0.05, 0.1) is 28.9 Å². The zero-order valence-electron chi connectivity index (χ0n) is 17.0. The molecule has 1 aliphatic heterocycles. The Bertz CT molecular complexity index is 966. The quantitative estimate of drug-likeness (QED) is 0.538. The molecule has 0 spiro atoms. The van der Waals surface area contributed by atoms with Gasteiger partial charge in [-0.1, -0.05) is 12.1 Å². The molecule has 4 rings (SSSR count). The van der Waals surface area contributed by atoms with Crippen molar-refractivity contribution < 1.29 is 9.53 Å². The van der Waals surface area contributed by atoms with E-state index in [1.54, 1.807) is 11.3 Å². The monoisotopic (exact) mass is 409 g/mol. The predicted molar refractivity (Wildman–Crippen MR) is 120 cm³/mol. The van der Waals surface area contributed by atoms with E-state index in [2.05, 4.69) is 52.2 Å². The van der Waals surface area contributed by atoms with Crippen molar-refractivity contribution >= 4 is 38.9 Å². The molecule has 1 unspecified atom stereocenters. The third kappa shape index (κ3) is 4.37. The molecular formula is C23H27N3O2S. The van der Waals surface area contributed by atoms with Gasteiger partial charge in [0.25, 0.3) is 0 Å². The summed E-state index contributed by atoms with van der Waals surface area (Å²) in [6.07, 6.45) is 2.98. The fraction of sp³-hybridized carbons (Fsp3) is 0.391. The van der Waals surface area contributed by atoms with Crippen LogP contribution >= 0.6 is 11.3 Å². The maximum atomic E-state index is 12.5. The van der Waals surface area contributed by atoms with E-state index in [1.807, 2.05) is 24.4 Å². The summed E-state index contributed by atoms with van der Waals surface area (Å²) in [6, 6.07) is 12.3. The zero-order chi connectivity index (χ0) is 20.2. The first-order valence-electron chi connectivity index (χ1n) is 10.3. The average Bonchev–Trinajstić information content (AvgIpc) is 3.39. The maximum absolute atomic E-state index is 12.5. The van der Waals surface area contributed by atoms with Crippen molar-refractivity contribution in [2.24, 2.45) is 0 Å². The Labute approximate surface area is 175 Å². The molecule has 1 atom stereocenters. The van der Waals surface area contributed by atoms with Gasteiger partial charge >= 0.3 is 5.97 Å². The summed E-state index contributed by atoms with van der Waals surface area (Å²) in [4.78, 5) is 21.5. The fourth-order valence-corrected chi connectivity index (χ4v) is 4.85. The molecule has 29 heavy (non-hydrogen) atoms. The lowest BCUT2D eigenvalue weighted by molar-refractivity contribution is -0.147. The Morgan fingerprint density at radius 1 is 1.21 bits per heavy atom. The topological polar surface area (TPSA) is 45.7 Å². The normalized spacial score (nSPS) is 16.3. The van der Waals surface area contributed by atoms with E-state index >= 15 is 0 Å². The van der Waals surface area contributed by atoms with Crippen LogP contribution in [0.4, 0.5) is 11.4 Å². The number of esters is 1. The number of anilines is 2. The number of pyridine rings is 1. The summed E-state index contributed by atoms with van der Waals surface area (Å²) >= 11 is 1.71. The number of ether oxygens (including phenoxy) is 1. The smallest absolute Gasteiger partial charge is 0.310 e. The first-order valence-corrected chi connectivity index (χ1v) is 11.2. The first-order chi connectivity index (χ1) is 14.2. The molecule has 1 saturated heterocycles. The Kier molecular flexibility index (Phi) is 6.00. The van der Waals surface area contributed by atoms with Crippen LogP contribution in [0.15, 0.2) is 48.0 Å². The van der Waals surface area contributed by atoms with E-state index in [0.717, 1.165) is 43.7 Å². The third-order valence-corrected chi connectivity index (χ3v) is 6.45. The Morgan fingerprint density at radius 2 is 2.00 bits per heavy atom. The number of rotatable bonds is 7. The maximum Gasteiger partial charge on any atom is 0.310 e. The molecule has 5 nitrogen and oxygen atoms in total. The highest BCUT2D eigenvalue weighted by Gasteiger charge is 2.27. The number of hydrogen-bond donors (Lipinski definition) is 0. The van der Waals surface area contributed by atoms with E-state index in [4.69, 9.17) is 4.74 Å². The molecule has 0 radical (unpaired) electrons. The number of nitrogens with zero attached hydrogens (tertiary/aromatic N) is 3. The summed E-state index contributed by atoms with van der Waals surface area (Å²) in [6.45, 7) is 7.89. The van der Waals surface area contributed by atoms with Crippen molar-refractivity contribution in [1.29, 1.82) is 0 Å². The van der Waals surface area contributed by atoms with E-state index in [9.17, 15) is 4.79 Å². The van der Waals surface area contributed by atoms with Gasteiger partial charge in [-0.3, -0.25) is 9.78 Å². The van der Waals surface area contributed by atoms with Crippen LogP contribution < -0.4 is 9.80 Å². The van der Waals surface area contributed by atoms with Gasteiger partial charge in [-0.2, -0.15) is 0 Å². The fourth-order valence-electron chi connectivity index (χ4n) is 3.96. The minimum atomic E-state index is -0.150. The van der Waals surface area contributed by atoms with E-state index in [0.29, 0.717) is 6.42 Å². The summed E-state index contributed by atoms with van der Waals surface area (Å²) in [5, 5.41) is 2.07. The Hall–Kier alpha value is -2.60. The molecule has 3 heterocycles. The second-order valence-electron chi connectivity index (χ2n) is 7.33. The van der Waals surface area contributed by atoms with Gasteiger partial charge in [-0.25, -0.2) is 0 Å². The van der Waals surface area contributed by atoms with Crippen molar-refractivity contribution in [3.63, 3.8) is 0 Å². The second-order valence-corrected chi connectivity index (χ2v) is 8.24. The first kappa shape index (κ1) is 19.7. The molecule has 1 aromatic carbocycles. The van der Waals surface area contributed by atoms with Gasteiger partial charge in [-0.15, -0.1) is 11.3 Å². The number of hydrogen-bond acceptors (Lipinski definition) is 6. The minimum absolute atomic E-state index is 0.0550. The van der Waals surface area contributed by atoms with Crippen molar-refractivity contribution in [1.82, 2.24) is 4.98 Å². The van der Waals surface area contributed by atoms with Crippen LogP contribution in [0.3, 0.4) is 0 Å². The van der Waals surface area contributed by atoms with Crippen molar-refractivity contribution in [3.8, 4) is 0 Å². The van der Waals surface area contributed by atoms with Crippen molar-refractivity contribution in [2.45, 2.75) is 32.8 Å². The lowest BCUT2D eigenvalue weighted by atomic mass is 10.1. The molecule has 0 amide bonds. The molecule has 0 N–H and O–H groups in total. The molecule has 0 aliphatic carbocycles. The van der Waals surface area contributed by atoms with Crippen molar-refractivity contribution in [2.75, 3.05) is 36.0 Å². The summed E-state index contributed by atoms with van der Waals surface area (Å²) in [7, 11) is 0. The molecule has 1 fully saturated rings. The van der Waals surface area contributed by atoms with Crippen LogP contribution in [-0.4, -0.2) is 43.2 Å². The molecular weight excluding hydrogens is 382 g/mol. The van der Waals surface area contributed by atoms with Crippen molar-refractivity contribution in [3.05, 3.63) is 53.5 Å². The standard InChI is InChI=1S/C23H27N3O2S/c1-3-25(4-2)18-7-5-17(6-8-18)15-22(27)28-19-10-13-26(16-19)21-9-12-24-20-11-14-29-23(20)21/h5-9,11-12,14,19H,3-4,10,13,15-16H2,1-2H3. The number of benzene rings is 1. The Morgan fingerprint density at radius 3 is 2.76 bits per heavy atom. The molecule has 0 saturated carbocycles.